The Balaban J connectivity index is 3.83. The van der Waals surface area contributed by atoms with E-state index in [0.717, 1.165) is 0 Å². The zero-order valence-corrected chi connectivity index (χ0v) is 15.9. The van der Waals surface area contributed by atoms with Crippen LogP contribution in [-0.4, -0.2) is 75.1 Å². The maximum absolute atomic E-state index is 15.1. The monoisotopic (exact) mass is 349 g/mol. The molecule has 1 rings (SSSR count). The highest BCUT2D eigenvalue weighted by Gasteiger charge is 2.42. The maximum atomic E-state index is 15.1. The van der Waals surface area contributed by atoms with Gasteiger partial charge in [-0.05, 0) is 56.4 Å². The van der Waals surface area contributed by atoms with Gasteiger partial charge in [0.05, 0.1) is 0 Å². The number of nitrogens with zero attached hydrogens (tertiary/aromatic N) is 7. The van der Waals surface area contributed by atoms with E-state index >= 15 is 8.39 Å². The molecule has 2 atom stereocenters. The summed E-state index contributed by atoms with van der Waals surface area (Å²) in [7, 11) is 2.80. The van der Waals surface area contributed by atoms with Gasteiger partial charge in [-0.2, -0.15) is 21.9 Å². The molecular formula is C8H24F2N7P3. The SMILES string of the molecule is CN(C)P1(N(C)C)=N[P@](F)(N(C)C)=N[P@](F)(N(C)C)=N1. The lowest BCUT2D eigenvalue weighted by atomic mass is 11.3. The summed E-state index contributed by atoms with van der Waals surface area (Å²) < 4.78 is 48.6. The van der Waals surface area contributed by atoms with Gasteiger partial charge in [0, 0.05) is 0 Å². The summed E-state index contributed by atoms with van der Waals surface area (Å²) in [6, 6.07) is 0. The van der Waals surface area contributed by atoms with Crippen LogP contribution in [0, 0.1) is 0 Å². The fraction of sp³-hybridized carbons (Fsp3) is 1.00. The summed E-state index contributed by atoms with van der Waals surface area (Å²) in [6.07, 6.45) is 0. The minimum Gasteiger partial charge on any atom is -0.246 e. The third-order valence-corrected chi connectivity index (χ3v) is 12.5. The lowest BCUT2D eigenvalue weighted by Crippen LogP contribution is -2.22. The fourth-order valence-corrected chi connectivity index (χ4v) is 12.3. The van der Waals surface area contributed by atoms with Crippen molar-refractivity contribution in [1.82, 2.24) is 18.7 Å². The zero-order chi connectivity index (χ0) is 15.9. The van der Waals surface area contributed by atoms with Crippen LogP contribution in [0.3, 0.4) is 0 Å². The molecule has 0 N–H and O–H groups in total. The number of hydrogen-bond acceptors (Lipinski definition) is 7. The summed E-state index contributed by atoms with van der Waals surface area (Å²) in [5, 5.41) is 0. The standard InChI is InChI=1S/C8H24F2N7P3/c1-14(2)18(9)11-19(10,15(3)4)13-20(12-18,16(5)6)17(7)8/h1-8H3/t18-,19+. The Labute approximate surface area is 120 Å². The molecule has 0 bridgehead atoms. The molecule has 120 valence electrons. The first-order chi connectivity index (χ1) is 8.89. The van der Waals surface area contributed by atoms with Gasteiger partial charge in [-0.3, -0.25) is 0 Å². The van der Waals surface area contributed by atoms with Crippen LogP contribution < -0.4 is 0 Å². The van der Waals surface area contributed by atoms with E-state index in [9.17, 15) is 0 Å². The predicted molar refractivity (Wildman–Crippen MR) is 85.0 cm³/mol. The van der Waals surface area contributed by atoms with Gasteiger partial charge in [0.15, 0.2) is 0 Å². The van der Waals surface area contributed by atoms with Crippen molar-refractivity contribution in [3.05, 3.63) is 0 Å². The van der Waals surface area contributed by atoms with Crippen LogP contribution in [0.2, 0.25) is 0 Å². The second-order valence-corrected chi connectivity index (χ2v) is 13.6. The molecular weight excluding hydrogens is 325 g/mol. The van der Waals surface area contributed by atoms with Crippen LogP contribution in [0.1, 0.15) is 0 Å². The molecule has 0 saturated heterocycles. The molecule has 0 radical (unpaired) electrons. The van der Waals surface area contributed by atoms with Gasteiger partial charge in [-0.1, -0.05) is 0 Å². The highest BCUT2D eigenvalue weighted by Crippen LogP contribution is 2.81. The van der Waals surface area contributed by atoms with E-state index in [-0.39, 0.29) is 0 Å². The number of hydrogen-bond donors (Lipinski definition) is 0. The first-order valence-corrected chi connectivity index (χ1v) is 10.6. The summed E-state index contributed by atoms with van der Waals surface area (Å²) in [4.78, 5) is 0. The van der Waals surface area contributed by atoms with Crippen LogP contribution in [0.4, 0.5) is 8.39 Å². The van der Waals surface area contributed by atoms with Crippen molar-refractivity contribution in [2.75, 3.05) is 56.4 Å². The minimum absolute atomic E-state index is 1.28. The average Bonchev–Trinajstić information content (AvgIpc) is 2.26. The molecule has 0 amide bonds. The lowest BCUT2D eigenvalue weighted by molar-refractivity contribution is 0.550. The van der Waals surface area contributed by atoms with Gasteiger partial charge >= 0.3 is 15.3 Å². The third-order valence-electron chi connectivity index (χ3n) is 2.79. The van der Waals surface area contributed by atoms with Crippen LogP contribution in [0.15, 0.2) is 13.5 Å². The molecule has 1 aliphatic rings. The van der Waals surface area contributed by atoms with Crippen molar-refractivity contribution in [2.24, 2.45) is 13.5 Å². The third kappa shape index (κ3) is 3.09. The topological polar surface area (TPSA) is 50.0 Å². The maximum Gasteiger partial charge on any atom is 0.322 e. The molecule has 0 fully saturated rings. The largest absolute Gasteiger partial charge is 0.322 e. The predicted octanol–water partition coefficient (Wildman–Crippen LogP) is 4.02. The average molecular weight is 349 g/mol. The van der Waals surface area contributed by atoms with Gasteiger partial charge in [0.2, 0.25) is 7.51 Å². The van der Waals surface area contributed by atoms with E-state index in [0.29, 0.717) is 0 Å². The zero-order valence-electron chi connectivity index (χ0n) is 13.2. The fourth-order valence-electron chi connectivity index (χ4n) is 1.50. The van der Waals surface area contributed by atoms with Crippen LogP contribution in [0.5, 0.6) is 0 Å². The van der Waals surface area contributed by atoms with E-state index in [1.165, 1.54) is 37.5 Å². The van der Waals surface area contributed by atoms with Crippen molar-refractivity contribution in [2.45, 2.75) is 0 Å². The molecule has 20 heavy (non-hydrogen) atoms. The molecule has 1 aliphatic heterocycles. The van der Waals surface area contributed by atoms with Crippen LogP contribution in [0.25, 0.3) is 0 Å². The Bertz CT molecular complexity index is 515. The molecule has 1 heterocycles. The highest BCUT2D eigenvalue weighted by molar-refractivity contribution is 7.81. The summed E-state index contributed by atoms with van der Waals surface area (Å²) >= 11 is 0. The highest BCUT2D eigenvalue weighted by atomic mass is 31.3. The molecule has 7 nitrogen and oxygen atoms in total. The minimum atomic E-state index is -3.75. The van der Waals surface area contributed by atoms with Crippen molar-refractivity contribution in [3.8, 4) is 0 Å². The Morgan fingerprint density at radius 3 is 1.20 bits per heavy atom. The van der Waals surface area contributed by atoms with E-state index in [4.69, 9.17) is 0 Å². The molecule has 0 aromatic carbocycles. The summed E-state index contributed by atoms with van der Waals surface area (Å²) in [5.41, 5.74) is 0. The first kappa shape index (κ1) is 18.4. The lowest BCUT2D eigenvalue weighted by Gasteiger charge is -2.39. The van der Waals surface area contributed by atoms with Gasteiger partial charge in [0.25, 0.3) is 0 Å². The van der Waals surface area contributed by atoms with Crippen molar-refractivity contribution in [3.63, 3.8) is 0 Å². The van der Waals surface area contributed by atoms with Crippen LogP contribution in [-0.2, 0) is 0 Å². The summed E-state index contributed by atoms with van der Waals surface area (Å²) in [6.45, 7) is 0. The Kier molecular flexibility index (Phi) is 5.42. The van der Waals surface area contributed by atoms with Crippen LogP contribution >= 0.6 is 22.8 Å². The first-order valence-electron chi connectivity index (χ1n) is 5.92. The summed E-state index contributed by atoms with van der Waals surface area (Å²) in [5.74, 6) is 0. The Morgan fingerprint density at radius 1 is 0.550 bits per heavy atom. The molecule has 0 saturated carbocycles. The van der Waals surface area contributed by atoms with E-state index in [1.807, 2.05) is 0 Å². The van der Waals surface area contributed by atoms with Crippen molar-refractivity contribution < 1.29 is 8.39 Å². The van der Waals surface area contributed by atoms with Gasteiger partial charge < -0.3 is 0 Å². The molecule has 0 aromatic heterocycles. The smallest absolute Gasteiger partial charge is 0.246 e. The molecule has 12 heteroatoms. The van der Waals surface area contributed by atoms with Crippen molar-refractivity contribution in [1.29, 1.82) is 0 Å². The van der Waals surface area contributed by atoms with Gasteiger partial charge in [0.1, 0.15) is 0 Å². The Morgan fingerprint density at radius 2 is 0.900 bits per heavy atom. The number of rotatable bonds is 4. The van der Waals surface area contributed by atoms with Crippen molar-refractivity contribution >= 4 is 22.8 Å². The second-order valence-electron chi connectivity index (χ2n) is 5.18. The quantitative estimate of drug-likeness (QED) is 0.719. The number of halogens is 2. The Hall–Kier alpha value is 0.390. The van der Waals surface area contributed by atoms with E-state index in [2.05, 4.69) is 13.5 Å². The molecule has 0 spiro atoms. The molecule has 0 unspecified atom stereocenters. The molecule has 0 aromatic rings. The normalized spacial score (nSPS) is 33.3. The van der Waals surface area contributed by atoms with Gasteiger partial charge in [-0.15, -0.1) is 0 Å². The van der Waals surface area contributed by atoms with Gasteiger partial charge in [-0.25, -0.2) is 18.7 Å². The van der Waals surface area contributed by atoms with E-state index < -0.39 is 22.8 Å². The van der Waals surface area contributed by atoms with E-state index in [1.54, 1.807) is 37.5 Å². The molecule has 0 aliphatic carbocycles. The second kappa shape index (κ2) is 5.88.